The summed E-state index contributed by atoms with van der Waals surface area (Å²) in [6.45, 7) is 0. The van der Waals surface area contributed by atoms with Gasteiger partial charge in [0.15, 0.2) is 0 Å². The number of rotatable bonds is 5. The van der Waals surface area contributed by atoms with Crippen LogP contribution in [0.3, 0.4) is 0 Å². The number of hydrogen-bond donors (Lipinski definition) is 0. The minimum Gasteiger partial charge on any atom is -0.256 e. The summed E-state index contributed by atoms with van der Waals surface area (Å²) in [6, 6.07) is 38.0. The van der Waals surface area contributed by atoms with E-state index in [0.717, 1.165) is 28.9 Å². The van der Waals surface area contributed by atoms with Crippen molar-refractivity contribution in [2.45, 2.75) is 6.42 Å². The number of nitrogens with zero attached hydrogens (tertiary/aromatic N) is 2. The molecule has 0 fully saturated rings. The summed E-state index contributed by atoms with van der Waals surface area (Å²) in [4.78, 5) is 9.07. The summed E-state index contributed by atoms with van der Waals surface area (Å²) in [7, 11) is 0. The Bertz CT molecular complexity index is 1220. The van der Waals surface area contributed by atoms with E-state index in [4.69, 9.17) is 0 Å². The van der Waals surface area contributed by atoms with E-state index in [1.807, 2.05) is 42.7 Å². The topological polar surface area (TPSA) is 25.8 Å². The highest BCUT2D eigenvalue weighted by Crippen LogP contribution is 2.29. The molecule has 0 N–H and O–H groups in total. The molecule has 0 aliphatic heterocycles. The molecule has 5 rings (SSSR count). The van der Waals surface area contributed by atoms with E-state index in [1.165, 1.54) is 22.3 Å². The molecule has 0 amide bonds. The molecule has 0 bridgehead atoms. The van der Waals surface area contributed by atoms with Crippen LogP contribution in [0.5, 0.6) is 0 Å². The standard InChI is InChI=1S/C29H22N2/c1-2-10-24(11-3-1)26-19-23(20-27(21-26)29-14-5-7-16-31-29)17-22-9-8-12-25(18-22)28-13-4-6-15-30-28/h1-16,18-21H,17H2. The normalized spacial score (nSPS) is 10.7. The molecule has 5 aromatic rings. The summed E-state index contributed by atoms with van der Waals surface area (Å²) in [5, 5.41) is 0. The summed E-state index contributed by atoms with van der Waals surface area (Å²) < 4.78 is 0. The first-order chi connectivity index (χ1) is 15.3. The van der Waals surface area contributed by atoms with E-state index >= 15 is 0 Å². The van der Waals surface area contributed by atoms with Gasteiger partial charge in [-0.25, -0.2) is 0 Å². The van der Waals surface area contributed by atoms with E-state index in [1.54, 1.807) is 0 Å². The molecule has 2 heterocycles. The molecule has 0 saturated carbocycles. The molecular formula is C29H22N2. The Morgan fingerprint density at radius 1 is 0.419 bits per heavy atom. The number of pyridine rings is 2. The SMILES string of the molecule is c1ccc(-c2cc(Cc3cccc(-c4ccccn4)c3)cc(-c3ccccn3)c2)cc1. The van der Waals surface area contributed by atoms with Gasteiger partial charge >= 0.3 is 0 Å². The highest BCUT2D eigenvalue weighted by atomic mass is 14.7. The van der Waals surface area contributed by atoms with Crippen molar-refractivity contribution in [3.05, 3.63) is 133 Å². The maximum Gasteiger partial charge on any atom is 0.0702 e. The molecular weight excluding hydrogens is 376 g/mol. The first-order valence-electron chi connectivity index (χ1n) is 10.5. The summed E-state index contributed by atoms with van der Waals surface area (Å²) in [5.74, 6) is 0. The maximum absolute atomic E-state index is 4.58. The van der Waals surface area contributed by atoms with Gasteiger partial charge in [-0.1, -0.05) is 66.7 Å². The predicted octanol–water partition coefficient (Wildman–Crippen LogP) is 7.07. The Labute approximate surface area is 182 Å². The van der Waals surface area contributed by atoms with Crippen molar-refractivity contribution in [3.63, 3.8) is 0 Å². The van der Waals surface area contributed by atoms with Gasteiger partial charge in [0.2, 0.25) is 0 Å². The van der Waals surface area contributed by atoms with Crippen LogP contribution in [0.4, 0.5) is 0 Å². The predicted molar refractivity (Wildman–Crippen MR) is 128 cm³/mol. The van der Waals surface area contributed by atoms with Gasteiger partial charge in [-0.15, -0.1) is 0 Å². The van der Waals surface area contributed by atoms with Crippen LogP contribution >= 0.6 is 0 Å². The first-order valence-corrected chi connectivity index (χ1v) is 10.5. The van der Waals surface area contributed by atoms with Crippen LogP contribution in [0.1, 0.15) is 11.1 Å². The quantitative estimate of drug-likeness (QED) is 0.316. The molecule has 0 radical (unpaired) electrons. The van der Waals surface area contributed by atoms with Gasteiger partial charge in [0.1, 0.15) is 0 Å². The Balaban J connectivity index is 1.55. The van der Waals surface area contributed by atoms with Gasteiger partial charge < -0.3 is 0 Å². The van der Waals surface area contributed by atoms with Crippen LogP contribution < -0.4 is 0 Å². The monoisotopic (exact) mass is 398 g/mol. The summed E-state index contributed by atoms with van der Waals surface area (Å²) in [6.07, 6.45) is 4.53. The Hall–Kier alpha value is -4.04. The van der Waals surface area contributed by atoms with Crippen LogP contribution in [0, 0.1) is 0 Å². The largest absolute Gasteiger partial charge is 0.256 e. The fraction of sp³-hybridized carbons (Fsp3) is 0.0345. The van der Waals surface area contributed by atoms with Gasteiger partial charge in [-0.05, 0) is 71.1 Å². The number of hydrogen-bond acceptors (Lipinski definition) is 2. The zero-order valence-electron chi connectivity index (χ0n) is 17.1. The third kappa shape index (κ3) is 4.44. The Kier molecular flexibility index (Phi) is 5.36. The first kappa shape index (κ1) is 19.0. The lowest BCUT2D eigenvalue weighted by molar-refractivity contribution is 1.19. The van der Waals surface area contributed by atoms with E-state index in [2.05, 4.69) is 88.8 Å². The van der Waals surface area contributed by atoms with E-state index in [0.29, 0.717) is 0 Å². The van der Waals surface area contributed by atoms with Crippen molar-refractivity contribution in [3.8, 4) is 33.6 Å². The number of benzene rings is 3. The second kappa shape index (κ2) is 8.76. The summed E-state index contributed by atoms with van der Waals surface area (Å²) in [5.41, 5.74) is 9.21. The van der Waals surface area contributed by atoms with Crippen molar-refractivity contribution in [1.29, 1.82) is 0 Å². The van der Waals surface area contributed by atoms with Gasteiger partial charge in [0, 0.05) is 23.5 Å². The number of aromatic nitrogens is 2. The molecule has 0 unspecified atom stereocenters. The van der Waals surface area contributed by atoms with Gasteiger partial charge in [-0.2, -0.15) is 0 Å². The molecule has 2 aromatic heterocycles. The van der Waals surface area contributed by atoms with Crippen LogP contribution in [0.25, 0.3) is 33.6 Å². The van der Waals surface area contributed by atoms with E-state index < -0.39 is 0 Å². The third-order valence-electron chi connectivity index (χ3n) is 5.36. The van der Waals surface area contributed by atoms with Crippen LogP contribution in [-0.4, -0.2) is 9.97 Å². The smallest absolute Gasteiger partial charge is 0.0702 e. The molecule has 0 aliphatic carbocycles. The van der Waals surface area contributed by atoms with Crippen LogP contribution in [0.15, 0.2) is 122 Å². The molecule has 148 valence electrons. The second-order valence-electron chi connectivity index (χ2n) is 7.59. The second-order valence-corrected chi connectivity index (χ2v) is 7.59. The van der Waals surface area contributed by atoms with E-state index in [9.17, 15) is 0 Å². The molecule has 0 atom stereocenters. The van der Waals surface area contributed by atoms with Crippen LogP contribution in [0.2, 0.25) is 0 Å². The van der Waals surface area contributed by atoms with E-state index in [-0.39, 0.29) is 0 Å². The van der Waals surface area contributed by atoms with Crippen molar-refractivity contribution in [1.82, 2.24) is 9.97 Å². The minimum absolute atomic E-state index is 0.848. The van der Waals surface area contributed by atoms with Gasteiger partial charge in [0.05, 0.1) is 11.4 Å². The zero-order valence-corrected chi connectivity index (χ0v) is 17.1. The molecule has 2 nitrogen and oxygen atoms in total. The summed E-state index contributed by atoms with van der Waals surface area (Å²) >= 11 is 0. The van der Waals surface area contributed by atoms with Crippen molar-refractivity contribution in [2.75, 3.05) is 0 Å². The van der Waals surface area contributed by atoms with Crippen molar-refractivity contribution >= 4 is 0 Å². The fourth-order valence-corrected chi connectivity index (χ4v) is 3.88. The lowest BCUT2D eigenvalue weighted by Gasteiger charge is -2.11. The molecule has 31 heavy (non-hydrogen) atoms. The lowest BCUT2D eigenvalue weighted by Crippen LogP contribution is -1.93. The van der Waals surface area contributed by atoms with Crippen molar-refractivity contribution < 1.29 is 0 Å². The Morgan fingerprint density at radius 2 is 1.03 bits per heavy atom. The lowest BCUT2D eigenvalue weighted by atomic mass is 9.94. The molecule has 0 aliphatic rings. The third-order valence-corrected chi connectivity index (χ3v) is 5.36. The minimum atomic E-state index is 0.848. The highest BCUT2D eigenvalue weighted by Gasteiger charge is 2.08. The highest BCUT2D eigenvalue weighted by molar-refractivity contribution is 5.73. The fourth-order valence-electron chi connectivity index (χ4n) is 3.88. The molecule has 2 heteroatoms. The Morgan fingerprint density at radius 3 is 1.74 bits per heavy atom. The van der Waals surface area contributed by atoms with Gasteiger partial charge in [-0.3, -0.25) is 9.97 Å². The molecule has 0 spiro atoms. The average molecular weight is 399 g/mol. The zero-order chi connectivity index (χ0) is 20.9. The van der Waals surface area contributed by atoms with Crippen molar-refractivity contribution in [2.24, 2.45) is 0 Å². The average Bonchev–Trinajstić information content (AvgIpc) is 2.86. The van der Waals surface area contributed by atoms with Crippen LogP contribution in [-0.2, 0) is 6.42 Å². The maximum atomic E-state index is 4.58. The molecule has 3 aromatic carbocycles. The molecule has 0 saturated heterocycles. The van der Waals surface area contributed by atoms with Gasteiger partial charge in [0.25, 0.3) is 0 Å².